The van der Waals surface area contributed by atoms with Crippen LogP contribution < -0.4 is 11.5 Å². The average Bonchev–Trinajstić information content (AvgIpc) is 2.37. The Balaban J connectivity index is 5.05. The number of allylic oxidation sites excluding steroid dienone is 5. The topological polar surface area (TPSA) is 61.3 Å². The molecule has 0 aliphatic rings. The number of nitrogens with two attached hydrogens (primary N) is 2. The zero-order chi connectivity index (χ0) is 15.4. The van der Waals surface area contributed by atoms with Crippen molar-refractivity contribution in [2.45, 2.75) is 30.2 Å². The van der Waals surface area contributed by atoms with Gasteiger partial charge >= 0.3 is 0 Å². The summed E-state index contributed by atoms with van der Waals surface area (Å²) in [6.45, 7) is 15.4. The fourth-order valence-corrected chi connectivity index (χ4v) is 10.1. The van der Waals surface area contributed by atoms with Gasteiger partial charge in [-0.25, -0.2) is 0 Å². The van der Waals surface area contributed by atoms with Gasteiger partial charge < -0.3 is 15.6 Å². The van der Waals surface area contributed by atoms with Crippen molar-refractivity contribution in [2.75, 3.05) is 0 Å². The van der Waals surface area contributed by atoms with E-state index in [2.05, 4.69) is 26.3 Å². The van der Waals surface area contributed by atoms with Gasteiger partial charge in [0.2, 0.25) is 0 Å². The highest BCUT2D eigenvalue weighted by Crippen LogP contribution is 2.27. The van der Waals surface area contributed by atoms with Crippen LogP contribution in [-0.2, 0) is 4.12 Å². The molecule has 112 valence electrons. The van der Waals surface area contributed by atoms with Crippen LogP contribution in [-0.4, -0.2) is 17.4 Å². The van der Waals surface area contributed by atoms with Gasteiger partial charge in [0.05, 0.1) is 5.82 Å². The van der Waals surface area contributed by atoms with E-state index in [-0.39, 0.29) is 0 Å². The van der Waals surface area contributed by atoms with Crippen molar-refractivity contribution in [3.8, 4) is 0 Å². The molecule has 5 heteroatoms. The van der Waals surface area contributed by atoms with Crippen LogP contribution in [0.4, 0.5) is 0 Å². The number of hydrogen-bond donors (Lipinski definition) is 2. The summed E-state index contributed by atoms with van der Waals surface area (Å²) < 4.78 is 6.59. The molecule has 0 amide bonds. The quantitative estimate of drug-likeness (QED) is 0.430. The molecular weight excluding hydrogens is 280 g/mol. The van der Waals surface area contributed by atoms with Crippen molar-refractivity contribution in [1.82, 2.24) is 0 Å². The van der Waals surface area contributed by atoms with Gasteiger partial charge in [-0.2, -0.15) is 0 Å². The van der Waals surface area contributed by atoms with Crippen LogP contribution in [0.1, 0.15) is 0 Å². The largest absolute Gasteiger partial charge is 0.456 e. The maximum atomic E-state index is 6.59. The summed E-state index contributed by atoms with van der Waals surface area (Å²) in [5.41, 5.74) is 11.0. The molecule has 0 aromatic carbocycles. The normalized spacial score (nSPS) is 12.2. The van der Waals surface area contributed by atoms with Crippen LogP contribution in [0.3, 0.4) is 0 Å². The molecule has 1 atom stereocenters. The lowest BCUT2D eigenvalue weighted by Crippen LogP contribution is -2.42. The monoisotopic (exact) mass is 308 g/mol. The average molecular weight is 309 g/mol. The molecule has 3 nitrogen and oxygen atoms in total. The minimum Gasteiger partial charge on any atom is -0.456 e. The molecule has 0 aliphatic carbocycles. The van der Waals surface area contributed by atoms with Gasteiger partial charge in [0.1, 0.15) is 0 Å². The first-order chi connectivity index (χ1) is 9.53. The molecule has 1 unspecified atom stereocenters. The van der Waals surface area contributed by atoms with Crippen LogP contribution in [0.25, 0.3) is 0 Å². The molecule has 20 heavy (non-hydrogen) atoms. The first-order valence-corrected chi connectivity index (χ1v) is 11.5. The molecule has 0 heterocycles. The van der Waals surface area contributed by atoms with Crippen LogP contribution in [0.2, 0.25) is 30.2 Å². The number of hydrogen-bond acceptors (Lipinski definition) is 3. The molecule has 0 rings (SSSR count). The molecule has 0 fully saturated rings. The Bertz CT molecular complexity index is 336. The van der Waals surface area contributed by atoms with Crippen molar-refractivity contribution >= 4 is 17.4 Å². The third-order valence-electron chi connectivity index (χ3n) is 3.01. The summed E-state index contributed by atoms with van der Waals surface area (Å²) in [6, 6.07) is 4.47. The second-order valence-corrected chi connectivity index (χ2v) is 11.6. The van der Waals surface area contributed by atoms with E-state index in [9.17, 15) is 0 Å². The van der Waals surface area contributed by atoms with Gasteiger partial charge in [0.25, 0.3) is 0 Å². The molecule has 0 saturated carbocycles. The zero-order valence-electron chi connectivity index (χ0n) is 12.4. The minimum absolute atomic E-state index is 0.360. The summed E-state index contributed by atoms with van der Waals surface area (Å²) in [5.74, 6) is 0.360. The first kappa shape index (κ1) is 18.7. The van der Waals surface area contributed by atoms with Crippen molar-refractivity contribution in [1.29, 1.82) is 0 Å². The summed E-state index contributed by atoms with van der Waals surface area (Å²) >= 11 is 0. The van der Waals surface area contributed by atoms with Crippen LogP contribution in [0.15, 0.2) is 62.5 Å². The first-order valence-electron chi connectivity index (χ1n) is 6.86. The highest BCUT2D eigenvalue weighted by molar-refractivity contribution is 6.81. The smallest absolute Gasteiger partial charge is 0.190 e. The summed E-state index contributed by atoms with van der Waals surface area (Å²) in [5, 5.41) is 0. The maximum Gasteiger partial charge on any atom is 0.190 e. The number of rotatable bonds is 12. The SMILES string of the molecule is C=CC[SiH](CC=C(N)N)O[Si](CC=C)(CC=C)CC=C. The minimum atomic E-state index is -1.92. The van der Waals surface area contributed by atoms with Crippen LogP contribution in [0.5, 0.6) is 0 Å². The van der Waals surface area contributed by atoms with Gasteiger partial charge in [-0.3, -0.25) is 0 Å². The molecule has 0 aliphatic heterocycles. The van der Waals surface area contributed by atoms with E-state index in [1.165, 1.54) is 0 Å². The van der Waals surface area contributed by atoms with Crippen LogP contribution in [0, 0.1) is 0 Å². The van der Waals surface area contributed by atoms with E-state index in [4.69, 9.17) is 15.6 Å². The Morgan fingerprint density at radius 2 is 1.40 bits per heavy atom. The van der Waals surface area contributed by atoms with E-state index >= 15 is 0 Å². The molecular formula is C15H28N2OSi2. The molecule has 0 aromatic rings. The lowest BCUT2D eigenvalue weighted by Gasteiger charge is -2.33. The lowest BCUT2D eigenvalue weighted by atomic mass is 10.6. The Morgan fingerprint density at radius 3 is 1.75 bits per heavy atom. The van der Waals surface area contributed by atoms with Gasteiger partial charge in [-0.1, -0.05) is 24.3 Å². The highest BCUT2D eigenvalue weighted by Gasteiger charge is 2.33. The Kier molecular flexibility index (Phi) is 9.79. The Labute approximate surface area is 126 Å². The predicted molar refractivity (Wildman–Crippen MR) is 95.3 cm³/mol. The fraction of sp³-hybridized carbons (Fsp3) is 0.333. The standard InChI is InChI=1S/C15H28N2OSi2/c1-5-10-19(11-9-15(16)17)18-20(12-6-2,13-7-3)14-8-4/h5-9,19H,1-4,10-14,16-17H2. The van der Waals surface area contributed by atoms with Crippen molar-refractivity contribution in [3.05, 3.63) is 62.5 Å². The van der Waals surface area contributed by atoms with Gasteiger partial charge in [0, 0.05) is 0 Å². The van der Waals surface area contributed by atoms with Crippen molar-refractivity contribution < 1.29 is 4.12 Å². The van der Waals surface area contributed by atoms with Gasteiger partial charge in [-0.05, 0) is 36.3 Å². The highest BCUT2D eigenvalue weighted by atomic mass is 28.4. The summed E-state index contributed by atoms with van der Waals surface area (Å²) in [6.07, 6.45) is 9.63. The lowest BCUT2D eigenvalue weighted by molar-refractivity contribution is 0.556. The molecule has 0 aromatic heterocycles. The van der Waals surface area contributed by atoms with Crippen LogP contribution >= 0.6 is 0 Å². The third kappa shape index (κ3) is 7.32. The third-order valence-corrected chi connectivity index (χ3v) is 11.1. The Hall–Kier alpha value is -1.31. The second kappa shape index (κ2) is 10.5. The molecule has 0 saturated heterocycles. The zero-order valence-corrected chi connectivity index (χ0v) is 14.5. The van der Waals surface area contributed by atoms with E-state index in [1.807, 2.05) is 30.4 Å². The Morgan fingerprint density at radius 1 is 0.900 bits per heavy atom. The molecule has 0 radical (unpaired) electrons. The fourth-order valence-electron chi connectivity index (χ4n) is 2.18. The molecule has 0 bridgehead atoms. The predicted octanol–water partition coefficient (Wildman–Crippen LogP) is 3.18. The van der Waals surface area contributed by atoms with E-state index < -0.39 is 17.4 Å². The van der Waals surface area contributed by atoms with Gasteiger partial charge in [0.15, 0.2) is 17.4 Å². The van der Waals surface area contributed by atoms with Gasteiger partial charge in [-0.15, -0.1) is 26.3 Å². The van der Waals surface area contributed by atoms with Crippen molar-refractivity contribution in [3.63, 3.8) is 0 Å². The van der Waals surface area contributed by atoms with Crippen molar-refractivity contribution in [2.24, 2.45) is 11.5 Å². The molecule has 0 spiro atoms. The maximum absolute atomic E-state index is 6.59. The summed E-state index contributed by atoms with van der Waals surface area (Å²) in [7, 11) is -3.36. The molecule has 4 N–H and O–H groups in total. The van der Waals surface area contributed by atoms with E-state index in [0.29, 0.717) is 5.82 Å². The second-order valence-electron chi connectivity index (χ2n) is 4.87. The summed E-state index contributed by atoms with van der Waals surface area (Å²) in [4.78, 5) is 0. The van der Waals surface area contributed by atoms with E-state index in [1.54, 1.807) is 0 Å². The van der Waals surface area contributed by atoms with E-state index in [0.717, 1.165) is 30.2 Å².